The van der Waals surface area contributed by atoms with Crippen LogP contribution in [0.4, 0.5) is 8.78 Å². The smallest absolute Gasteiger partial charge is 0.164 e. The first-order valence-corrected chi connectivity index (χ1v) is 6.95. The Kier molecular flexibility index (Phi) is 4.88. The van der Waals surface area contributed by atoms with Gasteiger partial charge >= 0.3 is 0 Å². The number of β-amino-alcohol motifs (C(OH)–C–C–N with tert-alkyl or cyclic N) is 1. The summed E-state index contributed by atoms with van der Waals surface area (Å²) in [6.07, 6.45) is 3.62. The Bertz CT molecular complexity index is 425. The second kappa shape index (κ2) is 6.44. The molecule has 1 aliphatic rings. The fourth-order valence-electron chi connectivity index (χ4n) is 2.70. The van der Waals surface area contributed by atoms with Crippen molar-refractivity contribution >= 4 is 0 Å². The number of aliphatic hydroxyl groups excluding tert-OH is 1. The maximum atomic E-state index is 13.6. The lowest BCUT2D eigenvalue weighted by Crippen LogP contribution is -2.36. The molecule has 1 heterocycles. The van der Waals surface area contributed by atoms with Gasteiger partial charge in [-0.3, -0.25) is 4.90 Å². The van der Waals surface area contributed by atoms with Gasteiger partial charge in [-0.15, -0.1) is 0 Å². The monoisotopic (exact) mass is 269 g/mol. The first-order valence-electron chi connectivity index (χ1n) is 6.95. The molecule has 4 heteroatoms. The SMILES string of the molecule is CC1CCCCCN1CC(O)c1cccc(F)c1F. The predicted octanol–water partition coefficient (Wildman–Crippen LogP) is 3.26. The summed E-state index contributed by atoms with van der Waals surface area (Å²) in [6.45, 7) is 3.40. The lowest BCUT2D eigenvalue weighted by atomic mass is 10.1. The predicted molar refractivity (Wildman–Crippen MR) is 70.8 cm³/mol. The minimum Gasteiger partial charge on any atom is -0.387 e. The first-order chi connectivity index (χ1) is 9.09. The largest absolute Gasteiger partial charge is 0.387 e. The lowest BCUT2D eigenvalue weighted by Gasteiger charge is -2.29. The fraction of sp³-hybridized carbons (Fsp3) is 0.600. The molecule has 0 radical (unpaired) electrons. The molecule has 106 valence electrons. The minimum atomic E-state index is -0.976. The highest BCUT2D eigenvalue weighted by Gasteiger charge is 2.22. The van der Waals surface area contributed by atoms with Crippen LogP contribution in [0.5, 0.6) is 0 Å². The molecule has 2 nitrogen and oxygen atoms in total. The number of hydrogen-bond acceptors (Lipinski definition) is 2. The molecule has 0 amide bonds. The van der Waals surface area contributed by atoms with Crippen LogP contribution in [0.3, 0.4) is 0 Å². The molecule has 0 aromatic heterocycles. The average Bonchev–Trinajstić information content (AvgIpc) is 2.58. The molecule has 0 spiro atoms. The Labute approximate surface area is 113 Å². The number of aliphatic hydroxyl groups is 1. The van der Waals surface area contributed by atoms with E-state index in [0.29, 0.717) is 12.6 Å². The maximum absolute atomic E-state index is 13.6. The Morgan fingerprint density at radius 1 is 1.32 bits per heavy atom. The molecule has 1 aromatic carbocycles. The van der Waals surface area contributed by atoms with Crippen LogP contribution in [0.2, 0.25) is 0 Å². The van der Waals surface area contributed by atoms with Gasteiger partial charge in [0.15, 0.2) is 11.6 Å². The summed E-state index contributed by atoms with van der Waals surface area (Å²) < 4.78 is 26.8. The van der Waals surface area contributed by atoms with E-state index in [9.17, 15) is 13.9 Å². The summed E-state index contributed by atoms with van der Waals surface area (Å²) in [4.78, 5) is 2.17. The van der Waals surface area contributed by atoms with Gasteiger partial charge in [-0.2, -0.15) is 0 Å². The van der Waals surface area contributed by atoms with Crippen molar-refractivity contribution in [1.82, 2.24) is 4.90 Å². The molecule has 19 heavy (non-hydrogen) atoms. The summed E-state index contributed by atoms with van der Waals surface area (Å²) in [5.74, 6) is -1.84. The quantitative estimate of drug-likeness (QED) is 0.910. The molecule has 0 bridgehead atoms. The van der Waals surface area contributed by atoms with Crippen LogP contribution in [0.15, 0.2) is 18.2 Å². The molecule has 2 rings (SSSR count). The van der Waals surface area contributed by atoms with Crippen molar-refractivity contribution in [2.45, 2.75) is 44.8 Å². The summed E-state index contributed by atoms with van der Waals surface area (Å²) in [7, 11) is 0. The highest BCUT2D eigenvalue weighted by atomic mass is 19.2. The van der Waals surface area contributed by atoms with E-state index in [1.54, 1.807) is 0 Å². The molecule has 1 N–H and O–H groups in total. The molecule has 1 aliphatic heterocycles. The van der Waals surface area contributed by atoms with Crippen LogP contribution in [0.25, 0.3) is 0 Å². The van der Waals surface area contributed by atoms with Crippen molar-refractivity contribution in [2.75, 3.05) is 13.1 Å². The Balaban J connectivity index is 2.07. The van der Waals surface area contributed by atoms with Gasteiger partial charge in [0, 0.05) is 18.2 Å². The molecule has 1 saturated heterocycles. The Morgan fingerprint density at radius 3 is 2.89 bits per heavy atom. The van der Waals surface area contributed by atoms with Crippen LogP contribution in [0, 0.1) is 11.6 Å². The third-order valence-electron chi connectivity index (χ3n) is 3.94. The standard InChI is InChI=1S/C15H21F2NO/c1-11-6-3-2-4-9-18(11)10-14(19)12-7-5-8-13(16)15(12)17/h5,7-8,11,14,19H,2-4,6,9-10H2,1H3. The van der Waals surface area contributed by atoms with Crippen LogP contribution in [-0.4, -0.2) is 29.1 Å². The third-order valence-corrected chi connectivity index (χ3v) is 3.94. The van der Waals surface area contributed by atoms with E-state index in [-0.39, 0.29) is 5.56 Å². The molecule has 1 fully saturated rings. The van der Waals surface area contributed by atoms with Gasteiger partial charge in [0.1, 0.15) is 0 Å². The minimum absolute atomic E-state index is 0.0523. The van der Waals surface area contributed by atoms with Crippen LogP contribution >= 0.6 is 0 Å². The number of halogens is 2. The first kappa shape index (κ1) is 14.4. The number of rotatable bonds is 3. The molecule has 1 aromatic rings. The van der Waals surface area contributed by atoms with E-state index in [0.717, 1.165) is 25.5 Å². The highest BCUT2D eigenvalue weighted by Crippen LogP contribution is 2.23. The topological polar surface area (TPSA) is 23.5 Å². The van der Waals surface area contributed by atoms with E-state index >= 15 is 0 Å². The molecule has 0 aliphatic carbocycles. The van der Waals surface area contributed by atoms with Gasteiger partial charge in [0.05, 0.1) is 6.10 Å². The zero-order valence-electron chi connectivity index (χ0n) is 11.3. The molecular weight excluding hydrogens is 248 g/mol. The van der Waals surface area contributed by atoms with Gasteiger partial charge in [0.25, 0.3) is 0 Å². The second-order valence-corrected chi connectivity index (χ2v) is 5.35. The van der Waals surface area contributed by atoms with Gasteiger partial charge in [-0.25, -0.2) is 8.78 Å². The molecule has 2 atom stereocenters. The van der Waals surface area contributed by atoms with E-state index in [4.69, 9.17) is 0 Å². The van der Waals surface area contributed by atoms with E-state index in [2.05, 4.69) is 11.8 Å². The van der Waals surface area contributed by atoms with Crippen LogP contribution in [0.1, 0.15) is 44.3 Å². The van der Waals surface area contributed by atoms with Crippen molar-refractivity contribution in [3.63, 3.8) is 0 Å². The van der Waals surface area contributed by atoms with Gasteiger partial charge in [-0.05, 0) is 32.4 Å². The summed E-state index contributed by atoms with van der Waals surface area (Å²) >= 11 is 0. The van der Waals surface area contributed by atoms with E-state index < -0.39 is 17.7 Å². The van der Waals surface area contributed by atoms with Crippen molar-refractivity contribution in [3.8, 4) is 0 Å². The second-order valence-electron chi connectivity index (χ2n) is 5.35. The van der Waals surface area contributed by atoms with Crippen molar-refractivity contribution < 1.29 is 13.9 Å². The summed E-state index contributed by atoms with van der Waals surface area (Å²) in [5.41, 5.74) is 0.0523. The molecular formula is C15H21F2NO. The van der Waals surface area contributed by atoms with Gasteiger partial charge in [-0.1, -0.05) is 25.0 Å². The number of nitrogens with zero attached hydrogens (tertiary/aromatic N) is 1. The zero-order valence-corrected chi connectivity index (χ0v) is 11.3. The Hall–Kier alpha value is -1.00. The van der Waals surface area contributed by atoms with Crippen molar-refractivity contribution in [1.29, 1.82) is 0 Å². The Morgan fingerprint density at radius 2 is 2.11 bits per heavy atom. The maximum Gasteiger partial charge on any atom is 0.164 e. The number of likely N-dealkylation sites (tertiary alicyclic amines) is 1. The summed E-state index contributed by atoms with van der Waals surface area (Å²) in [5, 5.41) is 10.1. The van der Waals surface area contributed by atoms with Crippen LogP contribution < -0.4 is 0 Å². The normalized spacial score (nSPS) is 23.1. The van der Waals surface area contributed by atoms with Crippen molar-refractivity contribution in [2.24, 2.45) is 0 Å². The molecule has 0 saturated carbocycles. The van der Waals surface area contributed by atoms with Gasteiger partial charge in [0.2, 0.25) is 0 Å². The highest BCUT2D eigenvalue weighted by molar-refractivity contribution is 5.21. The zero-order chi connectivity index (χ0) is 13.8. The third kappa shape index (κ3) is 3.51. The van der Waals surface area contributed by atoms with E-state index in [1.807, 2.05) is 0 Å². The number of benzene rings is 1. The molecule has 2 unspecified atom stereocenters. The average molecular weight is 269 g/mol. The van der Waals surface area contributed by atoms with E-state index in [1.165, 1.54) is 25.0 Å². The van der Waals surface area contributed by atoms with Crippen LogP contribution in [-0.2, 0) is 0 Å². The number of hydrogen-bond donors (Lipinski definition) is 1. The fourth-order valence-corrected chi connectivity index (χ4v) is 2.70. The summed E-state index contributed by atoms with van der Waals surface area (Å²) in [6, 6.07) is 4.34. The van der Waals surface area contributed by atoms with Gasteiger partial charge < -0.3 is 5.11 Å². The van der Waals surface area contributed by atoms with Crippen molar-refractivity contribution in [3.05, 3.63) is 35.4 Å². The lowest BCUT2D eigenvalue weighted by molar-refractivity contribution is 0.0898.